The van der Waals surface area contributed by atoms with Crippen molar-refractivity contribution in [3.8, 4) is 5.75 Å². The largest absolute Gasteiger partial charge is 0.497 e. The maximum Gasteiger partial charge on any atom is 0.120 e. The lowest BCUT2D eigenvalue weighted by molar-refractivity contribution is 0.169. The molecule has 0 spiro atoms. The van der Waals surface area contributed by atoms with Gasteiger partial charge in [0.2, 0.25) is 0 Å². The predicted molar refractivity (Wildman–Crippen MR) is 58.1 cm³/mol. The predicted octanol–water partition coefficient (Wildman–Crippen LogP) is 2.83. The number of halogens is 1. The summed E-state index contributed by atoms with van der Waals surface area (Å²) in [7, 11) is 1.60. The van der Waals surface area contributed by atoms with Crippen LogP contribution in [-0.4, -0.2) is 18.3 Å². The molecule has 0 bridgehead atoms. The molecule has 1 rings (SSSR count). The van der Waals surface area contributed by atoms with Gasteiger partial charge in [0.1, 0.15) is 5.75 Å². The molecule has 1 aromatic carbocycles. The Kier molecular flexibility index (Phi) is 3.78. The third-order valence-corrected chi connectivity index (χ3v) is 2.60. The van der Waals surface area contributed by atoms with Gasteiger partial charge in [-0.3, -0.25) is 0 Å². The topological polar surface area (TPSA) is 29.5 Å². The fourth-order valence-corrected chi connectivity index (χ4v) is 1.48. The fraction of sp³-hybridized carbons (Fsp3) is 0.455. The minimum atomic E-state index is -0.391. The summed E-state index contributed by atoms with van der Waals surface area (Å²) in [5.41, 5.74) is 0.990. The molecule has 0 aliphatic rings. The van der Waals surface area contributed by atoms with Crippen LogP contribution in [0.5, 0.6) is 5.75 Å². The van der Waals surface area contributed by atoms with E-state index in [1.807, 2.05) is 19.1 Å². The van der Waals surface area contributed by atoms with Crippen molar-refractivity contribution in [1.29, 1.82) is 0 Å². The van der Waals surface area contributed by atoms with E-state index in [4.69, 9.17) is 16.3 Å². The third-order valence-electron chi connectivity index (χ3n) is 2.38. The number of hydrogen-bond donors (Lipinski definition) is 1. The number of benzene rings is 1. The average molecular weight is 215 g/mol. The molecule has 78 valence electrons. The van der Waals surface area contributed by atoms with Crippen molar-refractivity contribution < 1.29 is 9.84 Å². The molecule has 0 fully saturated rings. The van der Waals surface area contributed by atoms with Gasteiger partial charge in [-0.05, 0) is 30.7 Å². The zero-order valence-corrected chi connectivity index (χ0v) is 9.38. The second-order valence-electron chi connectivity index (χ2n) is 3.45. The van der Waals surface area contributed by atoms with E-state index in [-0.39, 0.29) is 5.92 Å². The van der Waals surface area contributed by atoms with Gasteiger partial charge in [0.15, 0.2) is 0 Å². The lowest BCUT2D eigenvalue weighted by Crippen LogP contribution is -2.10. The number of rotatable bonds is 3. The van der Waals surface area contributed by atoms with Crippen molar-refractivity contribution in [2.45, 2.75) is 25.9 Å². The molecule has 0 aliphatic carbocycles. The Balaban J connectivity index is 3.02. The van der Waals surface area contributed by atoms with Crippen LogP contribution in [-0.2, 0) is 0 Å². The highest BCUT2D eigenvalue weighted by Gasteiger charge is 2.12. The summed E-state index contributed by atoms with van der Waals surface area (Å²) in [6, 6.07) is 5.49. The first kappa shape index (κ1) is 11.3. The first-order chi connectivity index (χ1) is 6.54. The zero-order chi connectivity index (χ0) is 10.7. The summed E-state index contributed by atoms with van der Waals surface area (Å²) in [6.45, 7) is 3.72. The number of hydrogen-bond acceptors (Lipinski definition) is 2. The van der Waals surface area contributed by atoms with Crippen molar-refractivity contribution in [2.75, 3.05) is 7.11 Å². The fourth-order valence-electron chi connectivity index (χ4n) is 1.24. The summed E-state index contributed by atoms with van der Waals surface area (Å²) < 4.78 is 5.10. The second kappa shape index (κ2) is 4.67. The summed E-state index contributed by atoms with van der Waals surface area (Å²) in [5, 5.41) is 10.1. The van der Waals surface area contributed by atoms with E-state index < -0.39 is 6.10 Å². The highest BCUT2D eigenvalue weighted by molar-refractivity contribution is 6.30. The van der Waals surface area contributed by atoms with Crippen LogP contribution in [0.2, 0.25) is 5.02 Å². The summed E-state index contributed by atoms with van der Waals surface area (Å²) in [5.74, 6) is 0.780. The number of aliphatic hydroxyl groups is 1. The maximum absolute atomic E-state index is 9.44. The molecule has 0 radical (unpaired) electrons. The molecular weight excluding hydrogens is 200 g/mol. The molecule has 0 saturated heterocycles. The van der Waals surface area contributed by atoms with Gasteiger partial charge >= 0.3 is 0 Å². The van der Waals surface area contributed by atoms with Gasteiger partial charge in [-0.2, -0.15) is 0 Å². The molecule has 0 aliphatic heterocycles. The minimum Gasteiger partial charge on any atom is -0.497 e. The molecule has 1 N–H and O–H groups in total. The molecule has 0 amide bonds. The third kappa shape index (κ3) is 2.63. The lowest BCUT2D eigenvalue weighted by Gasteiger charge is -2.16. The maximum atomic E-state index is 9.44. The quantitative estimate of drug-likeness (QED) is 0.839. The Morgan fingerprint density at radius 3 is 2.43 bits per heavy atom. The Bertz CT molecular complexity index is 310. The average Bonchev–Trinajstić information content (AvgIpc) is 2.15. The smallest absolute Gasteiger partial charge is 0.120 e. The van der Waals surface area contributed by atoms with Crippen LogP contribution < -0.4 is 4.74 Å². The first-order valence-corrected chi connectivity index (χ1v) is 4.95. The second-order valence-corrected chi connectivity index (χ2v) is 3.89. The normalized spacial score (nSPS) is 14.9. The molecule has 1 aromatic rings. The Morgan fingerprint density at radius 1 is 1.29 bits per heavy atom. The van der Waals surface area contributed by atoms with Crippen LogP contribution in [0.4, 0.5) is 0 Å². The molecule has 2 unspecified atom stereocenters. The van der Waals surface area contributed by atoms with E-state index >= 15 is 0 Å². The van der Waals surface area contributed by atoms with Crippen LogP contribution >= 0.6 is 11.6 Å². The van der Waals surface area contributed by atoms with Gasteiger partial charge in [0.25, 0.3) is 0 Å². The van der Waals surface area contributed by atoms with E-state index in [1.165, 1.54) is 0 Å². The molecular formula is C11H15ClO2. The van der Waals surface area contributed by atoms with Crippen molar-refractivity contribution >= 4 is 11.6 Å². The molecule has 3 heteroatoms. The van der Waals surface area contributed by atoms with Crippen LogP contribution in [0.1, 0.15) is 25.3 Å². The van der Waals surface area contributed by atoms with Gasteiger partial charge in [-0.25, -0.2) is 0 Å². The number of ether oxygens (including phenoxy) is 1. The Hall–Kier alpha value is -0.730. The van der Waals surface area contributed by atoms with Crippen LogP contribution in [0.3, 0.4) is 0 Å². The van der Waals surface area contributed by atoms with E-state index in [0.717, 1.165) is 11.3 Å². The monoisotopic (exact) mass is 214 g/mol. The van der Waals surface area contributed by atoms with E-state index in [1.54, 1.807) is 20.1 Å². The Labute approximate surface area is 89.5 Å². The van der Waals surface area contributed by atoms with Crippen LogP contribution in [0.25, 0.3) is 0 Å². The summed E-state index contributed by atoms with van der Waals surface area (Å²) >= 11 is 5.92. The Morgan fingerprint density at radius 2 is 1.93 bits per heavy atom. The molecule has 2 atom stereocenters. The van der Waals surface area contributed by atoms with Gasteiger partial charge in [0.05, 0.1) is 13.2 Å². The highest BCUT2D eigenvalue weighted by Crippen LogP contribution is 2.27. The molecule has 0 aromatic heterocycles. The zero-order valence-electron chi connectivity index (χ0n) is 8.62. The van der Waals surface area contributed by atoms with Crippen molar-refractivity contribution in [1.82, 2.24) is 0 Å². The van der Waals surface area contributed by atoms with Gasteiger partial charge in [-0.1, -0.05) is 18.5 Å². The molecule has 0 saturated carbocycles. The number of methoxy groups -OCH3 is 1. The first-order valence-electron chi connectivity index (χ1n) is 4.57. The SMILES string of the molecule is COc1cc(Cl)cc(C(C)C(C)O)c1. The van der Waals surface area contributed by atoms with Gasteiger partial charge < -0.3 is 9.84 Å². The minimum absolute atomic E-state index is 0.0580. The van der Waals surface area contributed by atoms with Crippen molar-refractivity contribution in [3.05, 3.63) is 28.8 Å². The summed E-state index contributed by atoms with van der Waals surface area (Å²) in [4.78, 5) is 0. The van der Waals surface area contributed by atoms with Crippen molar-refractivity contribution in [2.24, 2.45) is 0 Å². The van der Waals surface area contributed by atoms with Crippen LogP contribution in [0.15, 0.2) is 18.2 Å². The van der Waals surface area contributed by atoms with E-state index in [2.05, 4.69) is 0 Å². The highest BCUT2D eigenvalue weighted by atomic mass is 35.5. The van der Waals surface area contributed by atoms with E-state index in [9.17, 15) is 5.11 Å². The molecule has 14 heavy (non-hydrogen) atoms. The molecule has 2 nitrogen and oxygen atoms in total. The van der Waals surface area contributed by atoms with E-state index in [0.29, 0.717) is 5.02 Å². The lowest BCUT2D eigenvalue weighted by atomic mass is 9.96. The van der Waals surface area contributed by atoms with Gasteiger partial charge in [-0.15, -0.1) is 0 Å². The van der Waals surface area contributed by atoms with Gasteiger partial charge in [0, 0.05) is 10.9 Å². The van der Waals surface area contributed by atoms with Crippen LogP contribution in [0, 0.1) is 0 Å². The summed E-state index contributed by atoms with van der Waals surface area (Å²) in [6.07, 6.45) is -0.391. The standard InChI is InChI=1S/C11H15ClO2/c1-7(8(2)13)9-4-10(12)6-11(5-9)14-3/h4-8,13H,1-3H3. The molecule has 0 heterocycles. The van der Waals surface area contributed by atoms with Crippen molar-refractivity contribution in [3.63, 3.8) is 0 Å². The number of aliphatic hydroxyl groups excluding tert-OH is 1.